The van der Waals surface area contributed by atoms with Gasteiger partial charge in [-0.15, -0.1) is 0 Å². The molecule has 160 valence electrons. The summed E-state index contributed by atoms with van der Waals surface area (Å²) in [5.41, 5.74) is 2.35. The highest BCUT2D eigenvalue weighted by molar-refractivity contribution is 6.30. The number of aliphatic hydroxyl groups excluding tert-OH is 1. The van der Waals surface area contributed by atoms with Gasteiger partial charge in [0, 0.05) is 29.4 Å². The first-order chi connectivity index (χ1) is 15.0. The van der Waals surface area contributed by atoms with Crippen LogP contribution < -0.4 is 10.6 Å². The number of nitrogens with one attached hydrogen (secondary N) is 2. The molecule has 3 N–H and O–H groups in total. The zero-order valence-corrected chi connectivity index (χ0v) is 17.5. The van der Waals surface area contributed by atoms with Gasteiger partial charge in [-0.1, -0.05) is 23.7 Å². The molecular weight excluding hydrogens is 421 g/mol. The molecule has 0 saturated carbocycles. The number of aryl methyl sites for hydroxylation is 1. The standard InChI is InChI=1S/C22H21ClFN5O2/c1-13-19(21(31)26-17-10-6-15(23)7-11-17)20(14-4-8-16(24)9-5-14)29-22(25-13)27-18(28-29)3-2-12-30/h4-11,20,30H,2-3,12H2,1H3,(H,26,31)(H,25,27,28)/t20-/m0/s1. The molecular formula is C22H21ClFN5O2. The number of halogens is 2. The average Bonchev–Trinajstić information content (AvgIpc) is 3.15. The number of benzene rings is 2. The van der Waals surface area contributed by atoms with Gasteiger partial charge < -0.3 is 15.7 Å². The molecule has 3 aromatic rings. The van der Waals surface area contributed by atoms with Crippen LogP contribution in [0.15, 0.2) is 59.8 Å². The van der Waals surface area contributed by atoms with Crippen molar-refractivity contribution >= 4 is 29.1 Å². The van der Waals surface area contributed by atoms with Crippen molar-refractivity contribution in [3.8, 4) is 0 Å². The van der Waals surface area contributed by atoms with Crippen LogP contribution in [0.1, 0.15) is 30.8 Å². The summed E-state index contributed by atoms with van der Waals surface area (Å²) in [4.78, 5) is 17.8. The number of allylic oxidation sites excluding steroid dienone is 1. The fourth-order valence-electron chi connectivity index (χ4n) is 3.52. The number of nitrogens with zero attached hydrogens (tertiary/aromatic N) is 3. The maximum Gasteiger partial charge on any atom is 0.255 e. The lowest BCUT2D eigenvalue weighted by Gasteiger charge is -2.28. The summed E-state index contributed by atoms with van der Waals surface area (Å²) in [6, 6.07) is 12.2. The minimum Gasteiger partial charge on any atom is -0.396 e. The molecule has 0 radical (unpaired) electrons. The molecule has 31 heavy (non-hydrogen) atoms. The molecule has 0 bridgehead atoms. The van der Waals surface area contributed by atoms with Crippen molar-refractivity contribution in [2.45, 2.75) is 25.8 Å². The van der Waals surface area contributed by atoms with E-state index in [9.17, 15) is 9.18 Å². The first-order valence-electron chi connectivity index (χ1n) is 9.82. The molecule has 0 saturated heterocycles. The van der Waals surface area contributed by atoms with Crippen LogP contribution in [0, 0.1) is 5.82 Å². The molecule has 7 nitrogen and oxygen atoms in total. The van der Waals surface area contributed by atoms with Crippen molar-refractivity contribution in [1.29, 1.82) is 0 Å². The van der Waals surface area contributed by atoms with Gasteiger partial charge in [-0.05, 0) is 55.3 Å². The van der Waals surface area contributed by atoms with Crippen molar-refractivity contribution in [3.63, 3.8) is 0 Å². The maximum absolute atomic E-state index is 13.6. The normalized spacial score (nSPS) is 15.4. The van der Waals surface area contributed by atoms with Gasteiger partial charge in [-0.3, -0.25) is 4.79 Å². The van der Waals surface area contributed by atoms with E-state index in [1.54, 1.807) is 48.0 Å². The van der Waals surface area contributed by atoms with Crippen molar-refractivity contribution in [3.05, 3.63) is 82.0 Å². The summed E-state index contributed by atoms with van der Waals surface area (Å²) in [5, 5.41) is 20.3. The summed E-state index contributed by atoms with van der Waals surface area (Å²) in [6.07, 6.45) is 1.03. The Morgan fingerprint density at radius 3 is 2.61 bits per heavy atom. The van der Waals surface area contributed by atoms with Gasteiger partial charge in [0.1, 0.15) is 11.9 Å². The number of hydrogen-bond donors (Lipinski definition) is 3. The van der Waals surface area contributed by atoms with E-state index in [2.05, 4.69) is 20.7 Å². The quantitative estimate of drug-likeness (QED) is 0.539. The Morgan fingerprint density at radius 2 is 1.94 bits per heavy atom. The number of anilines is 2. The SMILES string of the molecule is CC1=C(C(=O)Nc2ccc(Cl)cc2)[C@H](c2ccc(F)cc2)n2nc(CCCO)nc2N1. The highest BCUT2D eigenvalue weighted by Crippen LogP contribution is 2.36. The Hall–Kier alpha value is -3.23. The molecule has 2 aromatic carbocycles. The van der Waals surface area contributed by atoms with Crippen LogP contribution in [-0.4, -0.2) is 32.4 Å². The fourth-order valence-corrected chi connectivity index (χ4v) is 3.64. The molecule has 1 atom stereocenters. The van der Waals surface area contributed by atoms with E-state index in [-0.39, 0.29) is 18.3 Å². The van der Waals surface area contributed by atoms with Crippen LogP contribution in [0.5, 0.6) is 0 Å². The molecule has 0 unspecified atom stereocenters. The Kier molecular flexibility index (Phi) is 6.01. The molecule has 4 rings (SSSR count). The van der Waals surface area contributed by atoms with Crippen molar-refractivity contribution < 1.29 is 14.3 Å². The summed E-state index contributed by atoms with van der Waals surface area (Å²) in [7, 11) is 0. The van der Waals surface area contributed by atoms with Gasteiger partial charge in [-0.25, -0.2) is 9.07 Å². The van der Waals surface area contributed by atoms with Crippen LogP contribution in [0.2, 0.25) is 5.02 Å². The van der Waals surface area contributed by atoms with Gasteiger partial charge in [0.15, 0.2) is 5.82 Å². The van der Waals surface area contributed by atoms with E-state index in [0.29, 0.717) is 52.2 Å². The van der Waals surface area contributed by atoms with Crippen LogP contribution in [-0.2, 0) is 11.2 Å². The minimum atomic E-state index is -0.598. The van der Waals surface area contributed by atoms with Crippen molar-refractivity contribution in [2.75, 3.05) is 17.2 Å². The predicted molar refractivity (Wildman–Crippen MR) is 116 cm³/mol. The van der Waals surface area contributed by atoms with E-state index in [0.717, 1.165) is 0 Å². The first kappa shape index (κ1) is 21.0. The lowest BCUT2D eigenvalue weighted by Crippen LogP contribution is -2.31. The Bertz CT molecular complexity index is 1130. The second-order valence-electron chi connectivity index (χ2n) is 7.20. The van der Waals surface area contributed by atoms with Crippen molar-refractivity contribution in [2.24, 2.45) is 0 Å². The molecule has 1 aliphatic rings. The third kappa shape index (κ3) is 4.45. The molecule has 2 heterocycles. The summed E-state index contributed by atoms with van der Waals surface area (Å²) < 4.78 is 15.2. The fraction of sp³-hybridized carbons (Fsp3) is 0.227. The highest BCUT2D eigenvalue weighted by Gasteiger charge is 2.34. The molecule has 9 heteroatoms. The number of carbonyl (C=O) groups excluding carboxylic acids is 1. The summed E-state index contributed by atoms with van der Waals surface area (Å²) in [6.45, 7) is 1.82. The molecule has 1 aromatic heterocycles. The summed E-state index contributed by atoms with van der Waals surface area (Å²) >= 11 is 5.93. The molecule has 0 spiro atoms. The topological polar surface area (TPSA) is 92.1 Å². The van der Waals surface area contributed by atoms with Crippen LogP contribution in [0.3, 0.4) is 0 Å². The Balaban J connectivity index is 1.74. The van der Waals surface area contributed by atoms with Gasteiger partial charge >= 0.3 is 0 Å². The third-order valence-corrected chi connectivity index (χ3v) is 5.24. The van der Waals surface area contributed by atoms with Crippen LogP contribution in [0.25, 0.3) is 0 Å². The van der Waals surface area contributed by atoms with Crippen LogP contribution >= 0.6 is 11.6 Å². The second-order valence-corrected chi connectivity index (χ2v) is 7.64. The molecule has 0 aliphatic carbocycles. The Labute approximate surface area is 183 Å². The largest absolute Gasteiger partial charge is 0.396 e. The van der Waals surface area contributed by atoms with E-state index < -0.39 is 6.04 Å². The number of rotatable bonds is 6. The number of aromatic nitrogens is 3. The number of carbonyl (C=O) groups is 1. The van der Waals surface area contributed by atoms with E-state index in [4.69, 9.17) is 16.7 Å². The zero-order chi connectivity index (χ0) is 22.0. The van der Waals surface area contributed by atoms with Gasteiger partial charge in [0.2, 0.25) is 5.95 Å². The van der Waals surface area contributed by atoms with Crippen molar-refractivity contribution in [1.82, 2.24) is 14.8 Å². The van der Waals surface area contributed by atoms with E-state index >= 15 is 0 Å². The van der Waals surface area contributed by atoms with E-state index in [1.807, 2.05) is 0 Å². The maximum atomic E-state index is 13.6. The lowest BCUT2D eigenvalue weighted by atomic mass is 9.95. The predicted octanol–water partition coefficient (Wildman–Crippen LogP) is 3.92. The monoisotopic (exact) mass is 441 g/mol. The zero-order valence-electron chi connectivity index (χ0n) is 16.8. The highest BCUT2D eigenvalue weighted by atomic mass is 35.5. The minimum absolute atomic E-state index is 0.0325. The second kappa shape index (κ2) is 8.87. The number of aliphatic hydroxyl groups is 1. The number of hydrogen-bond acceptors (Lipinski definition) is 5. The molecule has 1 amide bonds. The third-order valence-electron chi connectivity index (χ3n) is 4.99. The number of amides is 1. The summed E-state index contributed by atoms with van der Waals surface area (Å²) in [5.74, 6) is 0.353. The smallest absolute Gasteiger partial charge is 0.255 e. The molecule has 1 aliphatic heterocycles. The van der Waals surface area contributed by atoms with Gasteiger partial charge in [-0.2, -0.15) is 10.1 Å². The van der Waals surface area contributed by atoms with Gasteiger partial charge in [0.25, 0.3) is 5.91 Å². The number of fused-ring (bicyclic) bond motifs is 1. The van der Waals surface area contributed by atoms with Crippen LogP contribution in [0.4, 0.5) is 16.0 Å². The first-order valence-corrected chi connectivity index (χ1v) is 10.2. The van der Waals surface area contributed by atoms with Gasteiger partial charge in [0.05, 0.1) is 5.57 Å². The van der Waals surface area contributed by atoms with E-state index in [1.165, 1.54) is 12.1 Å². The average molecular weight is 442 g/mol. The lowest BCUT2D eigenvalue weighted by molar-refractivity contribution is -0.113. The molecule has 0 fully saturated rings. The Morgan fingerprint density at radius 1 is 1.23 bits per heavy atom.